The highest BCUT2D eigenvalue weighted by atomic mass is 35.5. The summed E-state index contributed by atoms with van der Waals surface area (Å²) in [6.07, 6.45) is 3.87. The quantitative estimate of drug-likeness (QED) is 0.808. The Morgan fingerprint density at radius 1 is 1.30 bits per heavy atom. The molecule has 0 bridgehead atoms. The molecule has 0 aromatic carbocycles. The second-order valence-electron chi connectivity index (χ2n) is 6.77. The van der Waals surface area contributed by atoms with Crippen molar-refractivity contribution >= 4 is 34.5 Å². The molecule has 114 valence electrons. The van der Waals surface area contributed by atoms with Gasteiger partial charge in [0, 0.05) is 12.6 Å². The van der Waals surface area contributed by atoms with Gasteiger partial charge in [0.2, 0.25) is 0 Å². The summed E-state index contributed by atoms with van der Waals surface area (Å²) in [5.74, 6) is 0. The first kappa shape index (κ1) is 16.6. The molecule has 20 heavy (non-hydrogen) atoms. The van der Waals surface area contributed by atoms with Gasteiger partial charge < -0.3 is 10.4 Å². The summed E-state index contributed by atoms with van der Waals surface area (Å²) < 4.78 is 1.43. The van der Waals surface area contributed by atoms with Gasteiger partial charge >= 0.3 is 0 Å². The highest BCUT2D eigenvalue weighted by molar-refractivity contribution is 7.20. The van der Waals surface area contributed by atoms with Crippen LogP contribution < -0.4 is 5.32 Å². The lowest BCUT2D eigenvalue weighted by atomic mass is 9.71. The minimum Gasteiger partial charge on any atom is -0.389 e. The van der Waals surface area contributed by atoms with Gasteiger partial charge in [0.15, 0.2) is 0 Å². The van der Waals surface area contributed by atoms with Crippen LogP contribution in [0.3, 0.4) is 0 Å². The maximum absolute atomic E-state index is 10.7. The van der Waals surface area contributed by atoms with Crippen molar-refractivity contribution in [2.24, 2.45) is 5.41 Å². The molecule has 0 aliphatic heterocycles. The maximum atomic E-state index is 10.7. The Morgan fingerprint density at radius 2 is 1.90 bits per heavy atom. The lowest BCUT2D eigenvalue weighted by Gasteiger charge is -2.40. The van der Waals surface area contributed by atoms with Crippen molar-refractivity contribution in [3.63, 3.8) is 0 Å². The molecule has 2 rings (SSSR count). The van der Waals surface area contributed by atoms with Crippen molar-refractivity contribution in [3.05, 3.63) is 20.3 Å². The fourth-order valence-electron chi connectivity index (χ4n) is 2.67. The first-order valence-corrected chi connectivity index (χ1v) is 8.69. The summed E-state index contributed by atoms with van der Waals surface area (Å²) >= 11 is 13.5. The minimum absolute atomic E-state index is 0.102. The van der Waals surface area contributed by atoms with Gasteiger partial charge in [-0.1, -0.05) is 37.0 Å². The third kappa shape index (κ3) is 4.11. The predicted octanol–water partition coefficient (Wildman–Crippen LogP) is 5.04. The van der Waals surface area contributed by atoms with Crippen LogP contribution in [0.4, 0.5) is 0 Å². The minimum atomic E-state index is -0.587. The van der Waals surface area contributed by atoms with Gasteiger partial charge in [0.1, 0.15) is 0 Å². The summed E-state index contributed by atoms with van der Waals surface area (Å²) in [6.45, 7) is 7.21. The molecule has 0 saturated heterocycles. The average Bonchev–Trinajstić information content (AvgIpc) is 2.70. The van der Waals surface area contributed by atoms with E-state index in [0.717, 1.165) is 35.6 Å². The van der Waals surface area contributed by atoms with E-state index in [4.69, 9.17) is 23.2 Å². The van der Waals surface area contributed by atoms with Gasteiger partial charge in [-0.05, 0) is 49.7 Å². The molecular weight excluding hydrogens is 313 g/mol. The zero-order valence-electron chi connectivity index (χ0n) is 12.3. The number of rotatable bonds is 4. The SMILES string of the molecule is CC(NCC1(O)CCC(C)(C)CC1)c1cc(Cl)sc1Cl. The molecule has 0 amide bonds. The van der Waals surface area contributed by atoms with Crippen molar-refractivity contribution in [2.75, 3.05) is 6.54 Å². The molecule has 2 N–H and O–H groups in total. The molecule has 1 heterocycles. The normalized spacial score (nSPS) is 22.7. The molecule has 1 atom stereocenters. The van der Waals surface area contributed by atoms with Crippen molar-refractivity contribution in [2.45, 2.75) is 58.1 Å². The van der Waals surface area contributed by atoms with E-state index in [9.17, 15) is 5.11 Å². The number of aliphatic hydroxyl groups is 1. The molecule has 1 fully saturated rings. The van der Waals surface area contributed by atoms with Crippen molar-refractivity contribution in [1.82, 2.24) is 5.32 Å². The zero-order chi connectivity index (χ0) is 15.0. The van der Waals surface area contributed by atoms with Crippen LogP contribution in [0.2, 0.25) is 8.67 Å². The van der Waals surface area contributed by atoms with Crippen LogP contribution in [0.1, 0.15) is 58.1 Å². The Bertz CT molecular complexity index is 462. The molecular formula is C15H23Cl2NOS. The van der Waals surface area contributed by atoms with E-state index in [1.54, 1.807) is 0 Å². The predicted molar refractivity (Wildman–Crippen MR) is 88.0 cm³/mol. The Labute approximate surface area is 135 Å². The number of hydrogen-bond donors (Lipinski definition) is 2. The summed E-state index contributed by atoms with van der Waals surface area (Å²) in [4.78, 5) is 0. The molecule has 2 nitrogen and oxygen atoms in total. The molecule has 1 unspecified atom stereocenters. The number of hydrogen-bond acceptors (Lipinski definition) is 3. The summed E-state index contributed by atoms with van der Waals surface area (Å²) in [7, 11) is 0. The largest absolute Gasteiger partial charge is 0.389 e. The first-order valence-electron chi connectivity index (χ1n) is 7.11. The lowest BCUT2D eigenvalue weighted by Crippen LogP contribution is -2.45. The highest BCUT2D eigenvalue weighted by Gasteiger charge is 2.36. The second-order valence-corrected chi connectivity index (χ2v) is 9.06. The van der Waals surface area contributed by atoms with Crippen LogP contribution in [-0.4, -0.2) is 17.3 Å². The Morgan fingerprint density at radius 3 is 2.40 bits per heavy atom. The summed E-state index contributed by atoms with van der Waals surface area (Å²) in [6, 6.07) is 2.01. The van der Waals surface area contributed by atoms with E-state index in [1.165, 1.54) is 11.3 Å². The van der Waals surface area contributed by atoms with Crippen LogP contribution >= 0.6 is 34.5 Å². The van der Waals surface area contributed by atoms with Crippen molar-refractivity contribution in [3.8, 4) is 0 Å². The first-order chi connectivity index (χ1) is 9.21. The standard InChI is InChI=1S/C15H23Cl2NOS/c1-10(11-8-12(16)20-13(11)17)18-9-15(19)6-4-14(2,3)5-7-15/h8,10,18-19H,4-7,9H2,1-3H3. The van der Waals surface area contributed by atoms with Crippen molar-refractivity contribution in [1.29, 1.82) is 0 Å². The molecule has 0 spiro atoms. The van der Waals surface area contributed by atoms with E-state index < -0.39 is 5.60 Å². The molecule has 0 radical (unpaired) electrons. The van der Waals surface area contributed by atoms with Crippen LogP contribution in [-0.2, 0) is 0 Å². The van der Waals surface area contributed by atoms with Gasteiger partial charge in [-0.15, -0.1) is 11.3 Å². The van der Waals surface area contributed by atoms with Gasteiger partial charge in [-0.3, -0.25) is 0 Å². The maximum Gasteiger partial charge on any atom is 0.0991 e. The van der Waals surface area contributed by atoms with Gasteiger partial charge in [0.05, 0.1) is 14.3 Å². The second kappa shape index (κ2) is 6.13. The monoisotopic (exact) mass is 335 g/mol. The summed E-state index contributed by atoms with van der Waals surface area (Å²) in [5, 5.41) is 14.1. The molecule has 1 saturated carbocycles. The van der Waals surface area contributed by atoms with Gasteiger partial charge in [0.25, 0.3) is 0 Å². The van der Waals surface area contributed by atoms with E-state index in [-0.39, 0.29) is 6.04 Å². The number of thiophene rings is 1. The molecule has 1 aliphatic carbocycles. The van der Waals surface area contributed by atoms with Crippen LogP contribution in [0, 0.1) is 5.41 Å². The smallest absolute Gasteiger partial charge is 0.0991 e. The van der Waals surface area contributed by atoms with Gasteiger partial charge in [-0.25, -0.2) is 0 Å². The average molecular weight is 336 g/mol. The Kier molecular flexibility index (Phi) is 5.08. The van der Waals surface area contributed by atoms with E-state index >= 15 is 0 Å². The Hall–Kier alpha value is 0.200. The molecule has 1 aromatic heterocycles. The molecule has 5 heteroatoms. The van der Waals surface area contributed by atoms with Crippen molar-refractivity contribution < 1.29 is 5.11 Å². The number of nitrogens with one attached hydrogen (secondary N) is 1. The fourth-order valence-corrected chi connectivity index (χ4v) is 4.32. The lowest BCUT2D eigenvalue weighted by molar-refractivity contribution is -0.0258. The highest BCUT2D eigenvalue weighted by Crippen LogP contribution is 2.40. The number of halogens is 2. The van der Waals surface area contributed by atoms with E-state index in [0.29, 0.717) is 16.3 Å². The van der Waals surface area contributed by atoms with E-state index in [1.807, 2.05) is 6.07 Å². The third-order valence-corrected chi connectivity index (χ3v) is 5.94. The third-order valence-electron chi connectivity index (χ3n) is 4.42. The zero-order valence-corrected chi connectivity index (χ0v) is 14.6. The van der Waals surface area contributed by atoms with E-state index in [2.05, 4.69) is 26.1 Å². The Balaban J connectivity index is 1.90. The summed E-state index contributed by atoms with van der Waals surface area (Å²) in [5.41, 5.74) is 0.791. The fraction of sp³-hybridized carbons (Fsp3) is 0.733. The van der Waals surface area contributed by atoms with Crippen LogP contribution in [0.25, 0.3) is 0 Å². The molecule has 1 aliphatic rings. The van der Waals surface area contributed by atoms with Gasteiger partial charge in [-0.2, -0.15) is 0 Å². The topological polar surface area (TPSA) is 32.3 Å². The molecule has 1 aromatic rings. The van der Waals surface area contributed by atoms with Crippen LogP contribution in [0.5, 0.6) is 0 Å². The van der Waals surface area contributed by atoms with Crippen LogP contribution in [0.15, 0.2) is 6.07 Å².